The number of rotatable bonds is 6. The monoisotopic (exact) mass is 333 g/mol. The Balaban J connectivity index is 1.95. The van der Waals surface area contributed by atoms with Gasteiger partial charge in [-0.05, 0) is 56.2 Å². The molecular formula is C18H20ClNO3. The summed E-state index contributed by atoms with van der Waals surface area (Å²) in [5.74, 6) is 1.14. The van der Waals surface area contributed by atoms with Crippen LogP contribution >= 0.6 is 11.6 Å². The number of nitrogens with one attached hydrogen (secondary N) is 1. The quantitative estimate of drug-likeness (QED) is 0.853. The highest BCUT2D eigenvalue weighted by molar-refractivity contribution is 6.31. The zero-order valence-electron chi connectivity index (χ0n) is 13.5. The summed E-state index contributed by atoms with van der Waals surface area (Å²) in [7, 11) is 0. The van der Waals surface area contributed by atoms with Gasteiger partial charge in [-0.3, -0.25) is 4.79 Å². The summed E-state index contributed by atoms with van der Waals surface area (Å²) in [5, 5.41) is 3.47. The Bertz CT molecular complexity index is 701. The number of amides is 1. The van der Waals surface area contributed by atoms with Gasteiger partial charge in [-0.25, -0.2) is 0 Å². The van der Waals surface area contributed by atoms with Crippen LogP contribution < -0.4 is 14.8 Å². The molecule has 0 unspecified atom stereocenters. The maximum Gasteiger partial charge on any atom is 0.262 e. The van der Waals surface area contributed by atoms with Gasteiger partial charge in [0.25, 0.3) is 5.91 Å². The standard InChI is InChI=1S/C18H20ClNO3/c1-4-22-15-7-5-6-14(10-15)20-18(21)11-23-17-9-8-16(19)12(2)13(17)3/h5-10H,4,11H2,1-3H3,(H,20,21). The molecule has 0 heterocycles. The largest absolute Gasteiger partial charge is 0.494 e. The van der Waals surface area contributed by atoms with Crippen LogP contribution in [0.15, 0.2) is 36.4 Å². The molecule has 23 heavy (non-hydrogen) atoms. The van der Waals surface area contributed by atoms with Gasteiger partial charge >= 0.3 is 0 Å². The molecule has 0 saturated carbocycles. The van der Waals surface area contributed by atoms with E-state index in [1.165, 1.54) is 0 Å². The average molecular weight is 334 g/mol. The van der Waals surface area contributed by atoms with Crippen molar-refractivity contribution in [2.45, 2.75) is 20.8 Å². The molecule has 0 aliphatic heterocycles. The molecule has 2 rings (SSSR count). The third-order valence-electron chi connectivity index (χ3n) is 3.46. The minimum Gasteiger partial charge on any atom is -0.494 e. The van der Waals surface area contributed by atoms with E-state index in [-0.39, 0.29) is 12.5 Å². The van der Waals surface area contributed by atoms with E-state index in [1.807, 2.05) is 32.9 Å². The van der Waals surface area contributed by atoms with Crippen LogP contribution in [0.25, 0.3) is 0 Å². The van der Waals surface area contributed by atoms with E-state index < -0.39 is 0 Å². The van der Waals surface area contributed by atoms with Gasteiger partial charge in [-0.2, -0.15) is 0 Å². The second-order valence-electron chi connectivity index (χ2n) is 5.09. The van der Waals surface area contributed by atoms with Gasteiger partial charge in [0, 0.05) is 16.8 Å². The highest BCUT2D eigenvalue weighted by Crippen LogP contribution is 2.27. The van der Waals surface area contributed by atoms with E-state index in [0.717, 1.165) is 16.9 Å². The SMILES string of the molecule is CCOc1cccc(NC(=O)COc2ccc(Cl)c(C)c2C)c1. The first-order valence-electron chi connectivity index (χ1n) is 7.42. The Morgan fingerprint density at radius 1 is 1.13 bits per heavy atom. The second kappa shape index (κ2) is 7.88. The first-order chi connectivity index (χ1) is 11.0. The molecule has 4 nitrogen and oxygen atoms in total. The number of halogens is 1. The summed E-state index contributed by atoms with van der Waals surface area (Å²) >= 11 is 6.05. The Labute approximate surface area is 141 Å². The first kappa shape index (κ1) is 17.2. The van der Waals surface area contributed by atoms with E-state index >= 15 is 0 Å². The predicted molar refractivity (Wildman–Crippen MR) is 92.7 cm³/mol. The fourth-order valence-corrected chi connectivity index (χ4v) is 2.29. The Kier molecular flexibility index (Phi) is 5.88. The van der Waals surface area contributed by atoms with Crippen LogP contribution in [0.1, 0.15) is 18.1 Å². The number of hydrogen-bond acceptors (Lipinski definition) is 3. The minimum absolute atomic E-state index is 0.0687. The van der Waals surface area contributed by atoms with Crippen LogP contribution in [0.2, 0.25) is 5.02 Å². The van der Waals surface area contributed by atoms with Crippen LogP contribution in [-0.4, -0.2) is 19.1 Å². The van der Waals surface area contributed by atoms with Gasteiger partial charge in [0.2, 0.25) is 0 Å². The minimum atomic E-state index is -0.231. The van der Waals surface area contributed by atoms with Gasteiger partial charge in [-0.1, -0.05) is 17.7 Å². The van der Waals surface area contributed by atoms with Crippen molar-refractivity contribution in [1.29, 1.82) is 0 Å². The number of hydrogen-bond donors (Lipinski definition) is 1. The molecule has 0 bridgehead atoms. The van der Waals surface area contributed by atoms with Gasteiger partial charge < -0.3 is 14.8 Å². The van der Waals surface area contributed by atoms with Crippen molar-refractivity contribution in [2.75, 3.05) is 18.5 Å². The molecule has 0 atom stereocenters. The zero-order chi connectivity index (χ0) is 16.8. The summed E-state index contributed by atoms with van der Waals surface area (Å²) in [6.45, 7) is 6.26. The molecule has 0 aromatic heterocycles. The van der Waals surface area contributed by atoms with Crippen molar-refractivity contribution in [3.8, 4) is 11.5 Å². The predicted octanol–water partition coefficient (Wildman–Crippen LogP) is 4.37. The summed E-state index contributed by atoms with van der Waals surface area (Å²) < 4.78 is 11.0. The topological polar surface area (TPSA) is 47.6 Å². The lowest BCUT2D eigenvalue weighted by molar-refractivity contribution is -0.118. The van der Waals surface area contributed by atoms with Crippen molar-refractivity contribution in [2.24, 2.45) is 0 Å². The number of carbonyl (C=O) groups excluding carboxylic acids is 1. The summed E-state index contributed by atoms with van der Waals surface area (Å²) in [4.78, 5) is 12.0. The lowest BCUT2D eigenvalue weighted by Gasteiger charge is -2.12. The molecule has 1 N–H and O–H groups in total. The van der Waals surface area contributed by atoms with Crippen LogP contribution in [-0.2, 0) is 4.79 Å². The van der Waals surface area contributed by atoms with Crippen molar-refractivity contribution in [3.05, 3.63) is 52.5 Å². The summed E-state index contributed by atoms with van der Waals surface area (Å²) in [6, 6.07) is 10.8. The Morgan fingerprint density at radius 3 is 2.65 bits per heavy atom. The number of ether oxygens (including phenoxy) is 2. The highest BCUT2D eigenvalue weighted by Gasteiger charge is 2.09. The van der Waals surface area contributed by atoms with E-state index in [1.54, 1.807) is 24.3 Å². The Morgan fingerprint density at radius 2 is 1.91 bits per heavy atom. The fourth-order valence-electron chi connectivity index (χ4n) is 2.09. The van der Waals surface area contributed by atoms with Gasteiger partial charge in [0.05, 0.1) is 6.61 Å². The van der Waals surface area contributed by atoms with Crippen molar-refractivity contribution < 1.29 is 14.3 Å². The number of anilines is 1. The molecule has 0 saturated heterocycles. The average Bonchev–Trinajstić information content (AvgIpc) is 2.53. The first-order valence-corrected chi connectivity index (χ1v) is 7.80. The third-order valence-corrected chi connectivity index (χ3v) is 3.87. The molecule has 5 heteroatoms. The number of benzene rings is 2. The third kappa shape index (κ3) is 4.63. The molecule has 2 aromatic rings. The molecule has 0 radical (unpaired) electrons. The van der Waals surface area contributed by atoms with Gasteiger partial charge in [-0.15, -0.1) is 0 Å². The summed E-state index contributed by atoms with van der Waals surface area (Å²) in [6.07, 6.45) is 0. The number of carbonyl (C=O) groups is 1. The zero-order valence-corrected chi connectivity index (χ0v) is 14.2. The second-order valence-corrected chi connectivity index (χ2v) is 5.50. The van der Waals surface area contributed by atoms with Crippen molar-refractivity contribution in [1.82, 2.24) is 0 Å². The van der Waals surface area contributed by atoms with E-state index in [9.17, 15) is 4.79 Å². The normalized spacial score (nSPS) is 10.3. The van der Waals surface area contributed by atoms with Crippen molar-refractivity contribution in [3.63, 3.8) is 0 Å². The molecule has 0 aliphatic carbocycles. The van der Waals surface area contributed by atoms with Crippen LogP contribution in [0, 0.1) is 13.8 Å². The summed E-state index contributed by atoms with van der Waals surface area (Å²) in [5.41, 5.74) is 2.56. The molecule has 0 fully saturated rings. The van der Waals surface area contributed by atoms with Crippen LogP contribution in [0.5, 0.6) is 11.5 Å². The van der Waals surface area contributed by atoms with Gasteiger partial charge in [0.1, 0.15) is 11.5 Å². The van der Waals surface area contributed by atoms with E-state index in [4.69, 9.17) is 21.1 Å². The molecular weight excluding hydrogens is 314 g/mol. The molecule has 122 valence electrons. The van der Waals surface area contributed by atoms with Gasteiger partial charge in [0.15, 0.2) is 6.61 Å². The van der Waals surface area contributed by atoms with E-state index in [2.05, 4.69) is 5.32 Å². The lowest BCUT2D eigenvalue weighted by Crippen LogP contribution is -2.20. The van der Waals surface area contributed by atoms with E-state index in [0.29, 0.717) is 23.1 Å². The molecule has 0 aliphatic rings. The highest BCUT2D eigenvalue weighted by atomic mass is 35.5. The fraction of sp³-hybridized carbons (Fsp3) is 0.278. The molecule has 2 aromatic carbocycles. The smallest absolute Gasteiger partial charge is 0.262 e. The van der Waals surface area contributed by atoms with Crippen LogP contribution in [0.4, 0.5) is 5.69 Å². The lowest BCUT2D eigenvalue weighted by atomic mass is 10.1. The maximum atomic E-state index is 12.0. The molecule has 1 amide bonds. The van der Waals surface area contributed by atoms with Crippen LogP contribution in [0.3, 0.4) is 0 Å². The molecule has 0 spiro atoms. The van der Waals surface area contributed by atoms with Crippen molar-refractivity contribution >= 4 is 23.2 Å². The maximum absolute atomic E-state index is 12.0. The Hall–Kier alpha value is -2.20.